The Morgan fingerprint density at radius 2 is 1.96 bits per heavy atom. The molecule has 1 atom stereocenters. The molecule has 2 heterocycles. The Bertz CT molecular complexity index is 798. The van der Waals surface area contributed by atoms with Crippen LogP contribution in [0.3, 0.4) is 0 Å². The molecular formula is C16H17F3N4O3S. The van der Waals surface area contributed by atoms with Gasteiger partial charge in [0.25, 0.3) is 5.91 Å². The van der Waals surface area contributed by atoms with Gasteiger partial charge in [-0.3, -0.25) is 14.6 Å². The van der Waals surface area contributed by atoms with Crippen LogP contribution in [0.15, 0.2) is 29.9 Å². The molecule has 0 aromatic carbocycles. The molecular weight excluding hydrogens is 385 g/mol. The van der Waals surface area contributed by atoms with E-state index in [1.165, 1.54) is 24.7 Å². The second kappa shape index (κ2) is 8.44. The predicted octanol–water partition coefficient (Wildman–Crippen LogP) is 1.53. The van der Waals surface area contributed by atoms with Crippen molar-refractivity contribution in [1.29, 1.82) is 0 Å². The number of aromatic nitrogens is 2. The summed E-state index contributed by atoms with van der Waals surface area (Å²) < 4.78 is 39.9. The highest BCUT2D eigenvalue weighted by Gasteiger charge is 2.58. The number of aryl methyl sites for hydroxylation is 1. The highest BCUT2D eigenvalue weighted by Crippen LogP contribution is 2.42. The number of rotatable bonds is 7. The molecule has 0 aliphatic heterocycles. The van der Waals surface area contributed by atoms with Crippen LogP contribution in [0.5, 0.6) is 0 Å². The van der Waals surface area contributed by atoms with Gasteiger partial charge in [-0.05, 0) is 19.1 Å². The Morgan fingerprint density at radius 3 is 2.52 bits per heavy atom. The number of aliphatic hydroxyl groups is 1. The van der Waals surface area contributed by atoms with Gasteiger partial charge in [-0.25, -0.2) is 4.98 Å². The van der Waals surface area contributed by atoms with Crippen molar-refractivity contribution in [3.8, 4) is 0 Å². The molecule has 11 heteroatoms. The molecule has 0 aliphatic rings. The summed E-state index contributed by atoms with van der Waals surface area (Å²) in [6, 6.07) is 3.12. The molecule has 2 amide bonds. The summed E-state index contributed by atoms with van der Waals surface area (Å²) >= 11 is 0.631. The lowest BCUT2D eigenvalue weighted by Gasteiger charge is -2.27. The zero-order chi connectivity index (χ0) is 20.1. The molecule has 27 heavy (non-hydrogen) atoms. The number of hydrogen-bond donors (Lipinski definition) is 3. The second-order valence-electron chi connectivity index (χ2n) is 5.68. The number of hydrogen-bond acceptors (Lipinski definition) is 6. The van der Waals surface area contributed by atoms with Crippen molar-refractivity contribution >= 4 is 23.2 Å². The number of alkyl halides is 3. The number of pyridine rings is 1. The van der Waals surface area contributed by atoms with Gasteiger partial charge in [-0.15, -0.1) is 11.3 Å². The third-order valence-electron chi connectivity index (χ3n) is 3.51. The van der Waals surface area contributed by atoms with Crippen molar-refractivity contribution in [2.75, 3.05) is 13.1 Å². The van der Waals surface area contributed by atoms with Crippen molar-refractivity contribution in [3.05, 3.63) is 46.2 Å². The summed E-state index contributed by atoms with van der Waals surface area (Å²) in [7, 11) is 0. The molecule has 1 unspecified atom stereocenters. The van der Waals surface area contributed by atoms with Crippen LogP contribution in [0.1, 0.15) is 27.5 Å². The van der Waals surface area contributed by atoms with Gasteiger partial charge in [0.15, 0.2) is 0 Å². The molecule has 0 saturated carbocycles. The van der Waals surface area contributed by atoms with E-state index in [0.717, 1.165) is 0 Å². The number of nitrogens with zero attached hydrogens (tertiary/aromatic N) is 2. The molecule has 0 radical (unpaired) electrons. The van der Waals surface area contributed by atoms with Crippen molar-refractivity contribution in [2.24, 2.45) is 0 Å². The fourth-order valence-electron chi connectivity index (χ4n) is 2.11. The normalized spacial score (nSPS) is 13.7. The smallest absolute Gasteiger partial charge is 0.374 e. The van der Waals surface area contributed by atoms with Crippen LogP contribution in [0.25, 0.3) is 0 Å². The molecule has 3 N–H and O–H groups in total. The first kappa shape index (κ1) is 20.8. The minimum absolute atomic E-state index is 0.000272. The van der Waals surface area contributed by atoms with E-state index in [9.17, 15) is 27.9 Å². The molecule has 2 rings (SSSR count). The third kappa shape index (κ3) is 5.23. The van der Waals surface area contributed by atoms with Gasteiger partial charge in [-0.2, -0.15) is 13.2 Å². The SMILES string of the molecule is Cc1csc(C(O)(CC(=O)NCCNC(=O)c2cccnc2)C(F)(F)F)n1. The summed E-state index contributed by atoms with van der Waals surface area (Å²) in [6.07, 6.45) is -3.43. The van der Waals surface area contributed by atoms with E-state index in [1.807, 2.05) is 0 Å². The topological polar surface area (TPSA) is 104 Å². The van der Waals surface area contributed by atoms with Crippen molar-refractivity contribution in [3.63, 3.8) is 0 Å². The quantitative estimate of drug-likeness (QED) is 0.610. The van der Waals surface area contributed by atoms with E-state index in [0.29, 0.717) is 22.6 Å². The second-order valence-corrected chi connectivity index (χ2v) is 6.53. The number of carbonyl (C=O) groups excluding carboxylic acids is 2. The number of thiazole rings is 1. The Morgan fingerprint density at radius 1 is 1.26 bits per heavy atom. The van der Waals surface area contributed by atoms with Gasteiger partial charge in [0.05, 0.1) is 12.0 Å². The Hall–Kier alpha value is -2.53. The van der Waals surface area contributed by atoms with Gasteiger partial charge in [-0.1, -0.05) is 0 Å². The zero-order valence-corrected chi connectivity index (χ0v) is 15.0. The summed E-state index contributed by atoms with van der Waals surface area (Å²) in [4.78, 5) is 31.1. The van der Waals surface area contributed by atoms with E-state index < -0.39 is 35.0 Å². The predicted molar refractivity (Wildman–Crippen MR) is 91.0 cm³/mol. The Kier molecular flexibility index (Phi) is 6.50. The zero-order valence-electron chi connectivity index (χ0n) is 14.2. The van der Waals surface area contributed by atoms with Gasteiger partial charge in [0, 0.05) is 36.6 Å². The molecule has 146 valence electrons. The lowest BCUT2D eigenvalue weighted by Crippen LogP contribution is -2.47. The van der Waals surface area contributed by atoms with E-state index >= 15 is 0 Å². The summed E-state index contributed by atoms with van der Waals surface area (Å²) in [6.45, 7) is 1.39. The monoisotopic (exact) mass is 402 g/mol. The maximum Gasteiger partial charge on any atom is 0.424 e. The highest BCUT2D eigenvalue weighted by molar-refractivity contribution is 7.09. The van der Waals surface area contributed by atoms with Crippen molar-refractivity contribution < 1.29 is 27.9 Å². The fourth-order valence-corrected chi connectivity index (χ4v) is 3.03. The largest absolute Gasteiger partial charge is 0.424 e. The summed E-state index contributed by atoms with van der Waals surface area (Å²) in [5.74, 6) is -1.44. The van der Waals surface area contributed by atoms with Crippen LogP contribution in [0.2, 0.25) is 0 Å². The standard InChI is InChI=1S/C16H17F3N4O3S/c1-10-9-27-14(23-10)15(26,16(17,18)19)7-12(24)21-5-6-22-13(25)11-3-2-4-20-8-11/h2-4,8-9,26H,5-7H2,1H3,(H,21,24)(H,22,25). The summed E-state index contributed by atoms with van der Waals surface area (Å²) in [5, 5.41) is 15.6. The van der Waals surface area contributed by atoms with Crippen LogP contribution < -0.4 is 10.6 Å². The minimum atomic E-state index is -5.07. The third-order valence-corrected chi connectivity index (χ3v) is 4.63. The van der Waals surface area contributed by atoms with Crippen LogP contribution in [-0.2, 0) is 10.4 Å². The number of amides is 2. The van der Waals surface area contributed by atoms with Crippen LogP contribution >= 0.6 is 11.3 Å². The van der Waals surface area contributed by atoms with Crippen molar-refractivity contribution in [1.82, 2.24) is 20.6 Å². The first-order valence-corrected chi connectivity index (χ1v) is 8.68. The summed E-state index contributed by atoms with van der Waals surface area (Å²) in [5.41, 5.74) is -2.74. The average molecular weight is 402 g/mol. The first-order chi connectivity index (χ1) is 12.6. The van der Waals surface area contributed by atoms with Crippen molar-refractivity contribution in [2.45, 2.75) is 25.1 Å². The minimum Gasteiger partial charge on any atom is -0.374 e. The van der Waals surface area contributed by atoms with E-state index in [-0.39, 0.29) is 13.1 Å². The van der Waals surface area contributed by atoms with Crippen LogP contribution in [0, 0.1) is 6.92 Å². The Labute approximate surface area is 156 Å². The van der Waals surface area contributed by atoms with E-state index in [4.69, 9.17) is 0 Å². The number of carbonyl (C=O) groups is 2. The van der Waals surface area contributed by atoms with Crippen LogP contribution in [0.4, 0.5) is 13.2 Å². The molecule has 7 nitrogen and oxygen atoms in total. The van der Waals surface area contributed by atoms with E-state index in [1.54, 1.807) is 12.1 Å². The average Bonchev–Trinajstić information content (AvgIpc) is 3.05. The molecule has 0 spiro atoms. The number of halogens is 3. The molecule has 0 fully saturated rings. The molecule has 0 saturated heterocycles. The lowest BCUT2D eigenvalue weighted by molar-refractivity contribution is -0.267. The van der Waals surface area contributed by atoms with Gasteiger partial charge < -0.3 is 15.7 Å². The maximum atomic E-state index is 13.3. The van der Waals surface area contributed by atoms with Crippen LogP contribution in [-0.4, -0.2) is 46.2 Å². The first-order valence-electron chi connectivity index (χ1n) is 7.80. The van der Waals surface area contributed by atoms with Gasteiger partial charge in [0.1, 0.15) is 5.01 Å². The lowest BCUT2D eigenvalue weighted by atomic mass is 9.99. The molecule has 0 bridgehead atoms. The van der Waals surface area contributed by atoms with Gasteiger partial charge >= 0.3 is 6.18 Å². The Balaban J connectivity index is 1.88. The van der Waals surface area contributed by atoms with E-state index in [2.05, 4.69) is 20.6 Å². The fraction of sp³-hybridized carbons (Fsp3) is 0.375. The maximum absolute atomic E-state index is 13.3. The number of nitrogens with one attached hydrogen (secondary N) is 2. The molecule has 2 aromatic rings. The molecule has 2 aromatic heterocycles. The molecule has 0 aliphatic carbocycles. The highest BCUT2D eigenvalue weighted by atomic mass is 32.1. The van der Waals surface area contributed by atoms with Gasteiger partial charge in [0.2, 0.25) is 11.5 Å².